The summed E-state index contributed by atoms with van der Waals surface area (Å²) in [5, 5.41) is 11.4. The molecular formula is C21H19N5O9. The predicted octanol–water partition coefficient (Wildman–Crippen LogP) is 0.493. The molecule has 0 aliphatic heterocycles. The third-order valence-electron chi connectivity index (χ3n) is 4.74. The average Bonchev–Trinajstić information content (AvgIpc) is 3.52. The Balaban J connectivity index is 1.87. The van der Waals surface area contributed by atoms with Crippen molar-refractivity contribution in [2.45, 2.75) is 6.54 Å². The highest BCUT2D eigenvalue weighted by atomic mass is 16.5. The number of esters is 4. The molecule has 0 radical (unpaired) electrons. The van der Waals surface area contributed by atoms with Gasteiger partial charge in [0.05, 0.1) is 34.1 Å². The summed E-state index contributed by atoms with van der Waals surface area (Å²) in [4.78, 5) is 60.7. The number of hydrogen-bond acceptors (Lipinski definition) is 12. The molecule has 2 heterocycles. The van der Waals surface area contributed by atoms with E-state index in [0.717, 1.165) is 33.1 Å². The lowest BCUT2D eigenvalue weighted by Crippen LogP contribution is -2.20. The molecule has 2 aromatic heterocycles. The maximum absolute atomic E-state index is 12.8. The normalized spacial score (nSPS) is 10.4. The van der Waals surface area contributed by atoms with Gasteiger partial charge in [0, 0.05) is 11.8 Å². The van der Waals surface area contributed by atoms with Crippen molar-refractivity contribution in [3.05, 3.63) is 58.7 Å². The Labute approximate surface area is 197 Å². The van der Waals surface area contributed by atoms with Crippen LogP contribution in [0.4, 0.5) is 0 Å². The summed E-state index contributed by atoms with van der Waals surface area (Å²) < 4.78 is 20.7. The molecule has 0 amide bonds. The molecule has 0 fully saturated rings. The third kappa shape index (κ3) is 4.90. The smallest absolute Gasteiger partial charge is 0.361 e. The number of hydrogen-bond donors (Lipinski definition) is 0. The fraction of sp³-hybridized carbons (Fsp3) is 0.238. The Hall–Kier alpha value is -4.88. The standard InChI is InChI=1S/C21H19N5O9/c1-32-18(28)13-9-25(23-15(13)19(29)33-2)12-7-5-11(6-8-12)14(27)10-26-17(21(31)35-4)16(22-24-26)20(30)34-3/h5-9H,10H2,1-4H3. The molecule has 0 N–H and O–H groups in total. The van der Waals surface area contributed by atoms with Gasteiger partial charge in [-0.15, -0.1) is 5.10 Å². The van der Waals surface area contributed by atoms with Crippen molar-refractivity contribution in [1.29, 1.82) is 0 Å². The number of carbonyl (C=O) groups excluding carboxylic acids is 5. The Bertz CT molecular complexity index is 1270. The van der Waals surface area contributed by atoms with Crippen LogP contribution < -0.4 is 0 Å². The lowest BCUT2D eigenvalue weighted by atomic mass is 10.1. The van der Waals surface area contributed by atoms with E-state index in [0.29, 0.717) is 5.69 Å². The molecule has 1 aromatic carbocycles. The quantitative estimate of drug-likeness (QED) is 0.246. The molecule has 0 spiro atoms. The third-order valence-corrected chi connectivity index (χ3v) is 4.74. The number of Topliss-reactive ketones (excluding diaryl/α,β-unsaturated/α-hetero) is 1. The first-order chi connectivity index (χ1) is 16.7. The van der Waals surface area contributed by atoms with Crippen molar-refractivity contribution in [3.63, 3.8) is 0 Å². The minimum Gasteiger partial charge on any atom is -0.465 e. The highest BCUT2D eigenvalue weighted by Gasteiger charge is 2.28. The summed E-state index contributed by atoms with van der Waals surface area (Å²) in [6.07, 6.45) is 1.29. The lowest BCUT2D eigenvalue weighted by molar-refractivity contribution is 0.0543. The van der Waals surface area contributed by atoms with Crippen LogP contribution in [0.2, 0.25) is 0 Å². The zero-order chi connectivity index (χ0) is 25.7. The summed E-state index contributed by atoms with van der Waals surface area (Å²) in [6.45, 7) is -0.422. The van der Waals surface area contributed by atoms with Crippen molar-refractivity contribution in [2.75, 3.05) is 28.4 Å². The van der Waals surface area contributed by atoms with E-state index in [-0.39, 0.29) is 28.2 Å². The number of nitrogens with zero attached hydrogens (tertiary/aromatic N) is 5. The summed E-state index contributed by atoms with van der Waals surface area (Å²) in [5.74, 6) is -3.89. The number of carbonyl (C=O) groups is 5. The van der Waals surface area contributed by atoms with Crippen LogP contribution in [0, 0.1) is 0 Å². The Morgan fingerprint density at radius 3 is 1.91 bits per heavy atom. The van der Waals surface area contributed by atoms with Gasteiger partial charge in [-0.2, -0.15) is 5.10 Å². The monoisotopic (exact) mass is 485 g/mol. The van der Waals surface area contributed by atoms with Crippen LogP contribution in [0.25, 0.3) is 5.69 Å². The highest BCUT2D eigenvalue weighted by molar-refractivity contribution is 6.02. The number of benzene rings is 1. The first kappa shape index (κ1) is 24.8. The first-order valence-corrected chi connectivity index (χ1v) is 9.75. The van der Waals surface area contributed by atoms with Gasteiger partial charge in [0.2, 0.25) is 5.69 Å². The molecule has 0 aliphatic rings. The van der Waals surface area contributed by atoms with E-state index in [2.05, 4.69) is 34.4 Å². The molecule has 3 aromatic rings. The molecule has 35 heavy (non-hydrogen) atoms. The minimum atomic E-state index is -0.917. The maximum Gasteiger partial charge on any atom is 0.361 e. The number of rotatable bonds is 8. The van der Waals surface area contributed by atoms with Crippen LogP contribution in [0.1, 0.15) is 52.2 Å². The summed E-state index contributed by atoms with van der Waals surface area (Å²) in [5.41, 5.74) is -0.389. The molecule has 0 aliphatic carbocycles. The zero-order valence-corrected chi connectivity index (χ0v) is 19.0. The molecular weight excluding hydrogens is 466 g/mol. The van der Waals surface area contributed by atoms with Crippen LogP contribution in [-0.4, -0.2) is 82.9 Å². The fourth-order valence-corrected chi connectivity index (χ4v) is 3.00. The van der Waals surface area contributed by atoms with E-state index in [1.54, 1.807) is 0 Å². The second kappa shape index (κ2) is 10.4. The number of ketones is 1. The molecule has 0 saturated carbocycles. The summed E-state index contributed by atoms with van der Waals surface area (Å²) >= 11 is 0. The molecule has 3 rings (SSSR count). The molecule has 0 atom stereocenters. The van der Waals surface area contributed by atoms with Gasteiger partial charge in [-0.1, -0.05) is 5.21 Å². The van der Waals surface area contributed by atoms with Crippen molar-refractivity contribution >= 4 is 29.7 Å². The van der Waals surface area contributed by atoms with Crippen molar-refractivity contribution < 1.29 is 42.9 Å². The largest absolute Gasteiger partial charge is 0.465 e. The minimum absolute atomic E-state index is 0.0950. The van der Waals surface area contributed by atoms with Crippen LogP contribution in [0.15, 0.2) is 30.5 Å². The van der Waals surface area contributed by atoms with Gasteiger partial charge in [0.1, 0.15) is 12.1 Å². The highest BCUT2D eigenvalue weighted by Crippen LogP contribution is 2.17. The van der Waals surface area contributed by atoms with E-state index in [9.17, 15) is 24.0 Å². The number of aromatic nitrogens is 5. The van der Waals surface area contributed by atoms with Gasteiger partial charge in [0.25, 0.3) is 0 Å². The topological polar surface area (TPSA) is 171 Å². The molecule has 14 nitrogen and oxygen atoms in total. The Kier molecular flexibility index (Phi) is 7.34. The molecule has 0 unspecified atom stereocenters. The van der Waals surface area contributed by atoms with Crippen molar-refractivity contribution in [3.8, 4) is 5.69 Å². The Morgan fingerprint density at radius 1 is 0.771 bits per heavy atom. The van der Waals surface area contributed by atoms with Gasteiger partial charge >= 0.3 is 23.9 Å². The molecule has 0 saturated heterocycles. The van der Waals surface area contributed by atoms with Crippen LogP contribution in [0.5, 0.6) is 0 Å². The second-order valence-corrected chi connectivity index (χ2v) is 6.72. The summed E-state index contributed by atoms with van der Waals surface area (Å²) in [7, 11) is 4.53. The fourth-order valence-electron chi connectivity index (χ4n) is 3.00. The van der Waals surface area contributed by atoms with Crippen LogP contribution >= 0.6 is 0 Å². The predicted molar refractivity (Wildman–Crippen MR) is 113 cm³/mol. The van der Waals surface area contributed by atoms with Crippen molar-refractivity contribution in [1.82, 2.24) is 24.8 Å². The lowest BCUT2D eigenvalue weighted by Gasteiger charge is -2.07. The summed E-state index contributed by atoms with van der Waals surface area (Å²) in [6, 6.07) is 5.96. The van der Waals surface area contributed by atoms with E-state index in [1.807, 2.05) is 0 Å². The number of ether oxygens (including phenoxy) is 4. The molecule has 14 heteroatoms. The van der Waals surface area contributed by atoms with E-state index in [4.69, 9.17) is 0 Å². The van der Waals surface area contributed by atoms with Crippen molar-refractivity contribution in [2.24, 2.45) is 0 Å². The second-order valence-electron chi connectivity index (χ2n) is 6.72. The molecule has 182 valence electrons. The zero-order valence-electron chi connectivity index (χ0n) is 19.0. The van der Waals surface area contributed by atoms with Gasteiger partial charge in [0.15, 0.2) is 17.2 Å². The maximum atomic E-state index is 12.8. The van der Waals surface area contributed by atoms with Crippen LogP contribution in [-0.2, 0) is 25.5 Å². The number of methoxy groups -OCH3 is 4. The Morgan fingerprint density at radius 2 is 1.34 bits per heavy atom. The average molecular weight is 485 g/mol. The van der Waals surface area contributed by atoms with Gasteiger partial charge in [-0.25, -0.2) is 28.5 Å². The van der Waals surface area contributed by atoms with Gasteiger partial charge in [-0.3, -0.25) is 4.79 Å². The van der Waals surface area contributed by atoms with Crippen LogP contribution in [0.3, 0.4) is 0 Å². The van der Waals surface area contributed by atoms with Gasteiger partial charge < -0.3 is 18.9 Å². The van der Waals surface area contributed by atoms with E-state index >= 15 is 0 Å². The first-order valence-electron chi connectivity index (χ1n) is 9.75. The van der Waals surface area contributed by atoms with E-state index < -0.39 is 36.2 Å². The SMILES string of the molecule is COC(=O)c1cn(-c2ccc(C(=O)Cn3nnc(C(=O)OC)c3C(=O)OC)cc2)nc1C(=O)OC. The van der Waals surface area contributed by atoms with E-state index in [1.165, 1.54) is 35.1 Å². The molecule has 0 bridgehead atoms. The van der Waals surface area contributed by atoms with Gasteiger partial charge in [-0.05, 0) is 24.3 Å².